The summed E-state index contributed by atoms with van der Waals surface area (Å²) in [6.07, 6.45) is 8.26. The summed E-state index contributed by atoms with van der Waals surface area (Å²) in [6, 6.07) is 14.9. The first kappa shape index (κ1) is 21.3. The van der Waals surface area contributed by atoms with Crippen molar-refractivity contribution in [3.05, 3.63) is 102 Å². The number of rotatable bonds is 9. The number of carboxylic acids is 1. The van der Waals surface area contributed by atoms with E-state index in [9.17, 15) is 9.90 Å². The quantitative estimate of drug-likeness (QED) is 0.337. The average molecular weight is 455 g/mol. The summed E-state index contributed by atoms with van der Waals surface area (Å²) in [5, 5.41) is 14.3. The number of aromatic amines is 1. The van der Waals surface area contributed by atoms with Crippen molar-refractivity contribution in [2.45, 2.75) is 24.9 Å². The molecule has 9 nitrogen and oxygen atoms in total. The Labute approximate surface area is 194 Å². The van der Waals surface area contributed by atoms with Gasteiger partial charge in [0.2, 0.25) is 0 Å². The maximum absolute atomic E-state index is 11.4. The molecule has 0 amide bonds. The molecule has 0 fully saturated rings. The van der Waals surface area contributed by atoms with E-state index in [2.05, 4.69) is 20.1 Å². The van der Waals surface area contributed by atoms with Crippen LogP contribution in [0.5, 0.6) is 5.75 Å². The second-order valence-corrected chi connectivity index (χ2v) is 7.80. The number of ether oxygens (including phenoxy) is 1. The van der Waals surface area contributed by atoms with E-state index in [0.717, 1.165) is 28.0 Å². The molecule has 1 aromatic carbocycles. The molecule has 9 heteroatoms. The van der Waals surface area contributed by atoms with Gasteiger partial charge >= 0.3 is 5.97 Å². The van der Waals surface area contributed by atoms with E-state index in [1.165, 1.54) is 6.26 Å². The molecule has 0 bridgehead atoms. The minimum atomic E-state index is -0.914. The molecule has 2 atom stereocenters. The molecule has 2 unspecified atom stereocenters. The molecule has 0 radical (unpaired) electrons. The van der Waals surface area contributed by atoms with Crippen molar-refractivity contribution < 1.29 is 19.2 Å². The predicted octanol–water partition coefficient (Wildman–Crippen LogP) is 4.31. The van der Waals surface area contributed by atoms with Crippen LogP contribution >= 0.6 is 0 Å². The number of benzene rings is 1. The molecular formula is C25H21N5O4. The van der Waals surface area contributed by atoms with Crippen molar-refractivity contribution in [3.8, 4) is 5.75 Å². The van der Waals surface area contributed by atoms with Crippen LogP contribution in [0.2, 0.25) is 0 Å². The summed E-state index contributed by atoms with van der Waals surface area (Å²) in [5.74, 6) is -0.707. The largest absolute Gasteiger partial charge is 0.484 e. The monoisotopic (exact) mass is 455 g/mol. The first-order valence-corrected chi connectivity index (χ1v) is 10.7. The normalized spacial score (nSPS) is 12.9. The van der Waals surface area contributed by atoms with Gasteiger partial charge < -0.3 is 19.4 Å². The third-order valence-electron chi connectivity index (χ3n) is 5.53. The summed E-state index contributed by atoms with van der Waals surface area (Å²) in [4.78, 5) is 27.8. The molecule has 0 aliphatic carbocycles. The lowest BCUT2D eigenvalue weighted by Crippen LogP contribution is -2.14. The van der Waals surface area contributed by atoms with E-state index >= 15 is 0 Å². The predicted molar refractivity (Wildman–Crippen MR) is 122 cm³/mol. The number of fused-ring (bicyclic) bond motifs is 1. The number of hydrogen-bond acceptors (Lipinski definition) is 7. The van der Waals surface area contributed by atoms with Crippen molar-refractivity contribution >= 4 is 17.0 Å². The standard InChI is InChI=1S/C25H21N5O4/c31-24(32)14-20(21-8-12-33-30-21)16-1-4-19(5-2-16)34-23(13-18-15-26-10-11-27-18)22-6-3-17-7-9-28-25(17)29-22/h1-12,15,20,23H,13-14H2,(H,28,29)(H,31,32). The summed E-state index contributed by atoms with van der Waals surface area (Å²) < 4.78 is 11.3. The first-order chi connectivity index (χ1) is 16.7. The Bertz CT molecular complexity index is 1370. The second kappa shape index (κ2) is 9.53. The number of carboxylic acid groups (broad SMARTS) is 1. The lowest BCUT2D eigenvalue weighted by Gasteiger charge is -2.19. The number of nitrogens with zero attached hydrogens (tertiary/aromatic N) is 4. The third kappa shape index (κ3) is 4.78. The van der Waals surface area contributed by atoms with Crippen molar-refractivity contribution in [3.63, 3.8) is 0 Å². The Balaban J connectivity index is 1.42. The Morgan fingerprint density at radius 3 is 2.68 bits per heavy atom. The molecule has 5 rings (SSSR count). The highest BCUT2D eigenvalue weighted by atomic mass is 16.5. The molecule has 0 aliphatic heterocycles. The minimum absolute atomic E-state index is 0.0951. The summed E-state index contributed by atoms with van der Waals surface area (Å²) >= 11 is 0. The van der Waals surface area contributed by atoms with Gasteiger partial charge in [-0.1, -0.05) is 17.3 Å². The van der Waals surface area contributed by atoms with Crippen LogP contribution in [0.4, 0.5) is 0 Å². The highest BCUT2D eigenvalue weighted by Gasteiger charge is 2.22. The number of H-pyrrole nitrogens is 1. The zero-order chi connectivity index (χ0) is 23.3. The Morgan fingerprint density at radius 1 is 1.06 bits per heavy atom. The van der Waals surface area contributed by atoms with Crippen LogP contribution in [0.1, 0.15) is 41.1 Å². The zero-order valence-electron chi connectivity index (χ0n) is 18.0. The fraction of sp³-hybridized carbons (Fsp3) is 0.160. The van der Waals surface area contributed by atoms with Crippen LogP contribution in [-0.2, 0) is 11.2 Å². The molecule has 4 aromatic heterocycles. The second-order valence-electron chi connectivity index (χ2n) is 7.80. The van der Waals surface area contributed by atoms with Crippen molar-refractivity contribution in [2.24, 2.45) is 0 Å². The Kier molecular flexibility index (Phi) is 5.98. The summed E-state index contributed by atoms with van der Waals surface area (Å²) in [7, 11) is 0. The van der Waals surface area contributed by atoms with Gasteiger partial charge in [0.15, 0.2) is 0 Å². The SMILES string of the molecule is O=C(O)CC(c1ccc(OC(Cc2cnccn2)c2ccc3cc[nH]c3n2)cc1)c1ccon1. The molecular weight excluding hydrogens is 434 g/mol. The molecule has 170 valence electrons. The highest BCUT2D eigenvalue weighted by molar-refractivity contribution is 5.75. The number of nitrogens with one attached hydrogen (secondary N) is 1. The minimum Gasteiger partial charge on any atom is -0.484 e. The van der Waals surface area contributed by atoms with E-state index in [1.54, 1.807) is 24.7 Å². The Hall–Kier alpha value is -4.53. The molecule has 0 aliphatic rings. The summed E-state index contributed by atoms with van der Waals surface area (Å²) in [5.41, 5.74) is 3.70. The molecule has 5 aromatic rings. The third-order valence-corrected chi connectivity index (χ3v) is 5.53. The first-order valence-electron chi connectivity index (χ1n) is 10.7. The van der Waals surface area contributed by atoms with E-state index in [0.29, 0.717) is 17.9 Å². The zero-order valence-corrected chi connectivity index (χ0v) is 18.0. The van der Waals surface area contributed by atoms with Gasteiger partial charge in [-0.25, -0.2) is 4.98 Å². The van der Waals surface area contributed by atoms with Crippen LogP contribution in [0.3, 0.4) is 0 Å². The molecule has 2 N–H and O–H groups in total. The average Bonchev–Trinajstić information content (AvgIpc) is 3.55. The fourth-order valence-corrected chi connectivity index (χ4v) is 3.87. The number of pyridine rings is 1. The van der Waals surface area contributed by atoms with E-state index in [4.69, 9.17) is 14.2 Å². The lowest BCUT2D eigenvalue weighted by atomic mass is 9.92. The molecule has 34 heavy (non-hydrogen) atoms. The van der Waals surface area contributed by atoms with Gasteiger partial charge in [0.1, 0.15) is 23.8 Å². The Morgan fingerprint density at radius 2 is 1.94 bits per heavy atom. The van der Waals surface area contributed by atoms with E-state index in [1.807, 2.05) is 48.7 Å². The van der Waals surface area contributed by atoms with Crippen LogP contribution in [0.15, 0.2) is 84.1 Å². The number of hydrogen-bond donors (Lipinski definition) is 2. The van der Waals surface area contributed by atoms with Gasteiger partial charge in [0, 0.05) is 48.6 Å². The maximum atomic E-state index is 11.4. The molecule has 0 spiro atoms. The highest BCUT2D eigenvalue weighted by Crippen LogP contribution is 2.30. The van der Waals surface area contributed by atoms with E-state index < -0.39 is 18.0 Å². The van der Waals surface area contributed by atoms with Crippen molar-refractivity contribution in [1.29, 1.82) is 0 Å². The lowest BCUT2D eigenvalue weighted by molar-refractivity contribution is -0.137. The van der Waals surface area contributed by atoms with E-state index in [-0.39, 0.29) is 6.42 Å². The maximum Gasteiger partial charge on any atom is 0.304 e. The van der Waals surface area contributed by atoms with Gasteiger partial charge in [-0.3, -0.25) is 14.8 Å². The summed E-state index contributed by atoms with van der Waals surface area (Å²) in [6.45, 7) is 0. The number of aromatic nitrogens is 5. The van der Waals surface area contributed by atoms with Crippen LogP contribution in [0.25, 0.3) is 11.0 Å². The fourth-order valence-electron chi connectivity index (χ4n) is 3.87. The van der Waals surface area contributed by atoms with Gasteiger partial charge in [-0.15, -0.1) is 0 Å². The molecule has 4 heterocycles. The van der Waals surface area contributed by atoms with Crippen LogP contribution in [-0.4, -0.2) is 36.2 Å². The number of carbonyl (C=O) groups is 1. The molecule has 0 saturated heterocycles. The van der Waals surface area contributed by atoms with Gasteiger partial charge in [0.25, 0.3) is 0 Å². The van der Waals surface area contributed by atoms with Crippen molar-refractivity contribution in [1.82, 2.24) is 25.1 Å². The van der Waals surface area contributed by atoms with Gasteiger partial charge in [-0.2, -0.15) is 0 Å². The van der Waals surface area contributed by atoms with Gasteiger partial charge in [0.05, 0.1) is 23.5 Å². The van der Waals surface area contributed by atoms with Crippen LogP contribution in [0, 0.1) is 0 Å². The van der Waals surface area contributed by atoms with Crippen LogP contribution < -0.4 is 4.74 Å². The number of aliphatic carboxylic acids is 1. The molecule has 0 saturated carbocycles. The topological polar surface area (TPSA) is 127 Å². The smallest absolute Gasteiger partial charge is 0.304 e. The van der Waals surface area contributed by atoms with Gasteiger partial charge in [-0.05, 0) is 35.9 Å². The van der Waals surface area contributed by atoms with Crippen molar-refractivity contribution in [2.75, 3.05) is 0 Å².